The average Bonchev–Trinajstić information content (AvgIpc) is 4.07. The van der Waals surface area contributed by atoms with E-state index in [1.54, 1.807) is 36.0 Å². The normalized spacial score (nSPS) is 19.0. The van der Waals surface area contributed by atoms with E-state index in [1.807, 2.05) is 62.4 Å². The number of H-pyrrole nitrogens is 2. The maximum atomic E-state index is 13.8. The van der Waals surface area contributed by atoms with Gasteiger partial charge in [-0.3, -0.25) is 9.59 Å². The van der Waals surface area contributed by atoms with Crippen molar-refractivity contribution in [1.82, 2.24) is 40.4 Å². The van der Waals surface area contributed by atoms with Crippen LogP contribution in [0.2, 0.25) is 0 Å². The minimum Gasteiger partial charge on any atom is -0.453 e. The SMILES string of the molecule is COC(=O)NC(C(=O)N1C[C@@H](COC(F)F)C[C@H]1c1ncc(-c2ccc(-c3ccc(-c4cnc([C@@H]5CCCN5C(=O)[C@@H](NC(=O)OC)C(C)C)[nH]4)cc3)cc2)[nH]1)C(C)C. The zero-order chi connectivity index (χ0) is 42.4. The third-order valence-corrected chi connectivity index (χ3v) is 11.0. The summed E-state index contributed by atoms with van der Waals surface area (Å²) in [7, 11) is 2.49. The zero-order valence-corrected chi connectivity index (χ0v) is 34.0. The lowest BCUT2D eigenvalue weighted by Gasteiger charge is -2.30. The minimum atomic E-state index is -2.93. The van der Waals surface area contributed by atoms with Crippen molar-refractivity contribution < 1.29 is 42.2 Å². The number of hydrogen-bond acceptors (Lipinski definition) is 9. The van der Waals surface area contributed by atoms with E-state index >= 15 is 0 Å². The van der Waals surface area contributed by atoms with Crippen LogP contribution in [0.5, 0.6) is 0 Å². The third-order valence-electron chi connectivity index (χ3n) is 11.0. The van der Waals surface area contributed by atoms with Gasteiger partial charge in [0.15, 0.2) is 0 Å². The first-order chi connectivity index (χ1) is 28.3. The van der Waals surface area contributed by atoms with Crippen molar-refractivity contribution in [2.45, 2.75) is 77.7 Å². The molecule has 2 fully saturated rings. The lowest BCUT2D eigenvalue weighted by atomic mass is 10.0. The Hall–Kier alpha value is -5.84. The van der Waals surface area contributed by atoms with Gasteiger partial charge in [-0.05, 0) is 53.4 Å². The quantitative estimate of drug-likeness (QED) is 0.108. The maximum absolute atomic E-state index is 13.8. The third kappa shape index (κ3) is 9.90. The van der Waals surface area contributed by atoms with Crippen LogP contribution in [0.4, 0.5) is 18.4 Å². The van der Waals surface area contributed by atoms with E-state index in [-0.39, 0.29) is 48.8 Å². The summed E-state index contributed by atoms with van der Waals surface area (Å²) in [5, 5.41) is 5.28. The number of aromatic amines is 2. The number of aromatic nitrogens is 4. The van der Waals surface area contributed by atoms with Gasteiger partial charge in [0.1, 0.15) is 23.7 Å². The van der Waals surface area contributed by atoms with Gasteiger partial charge in [-0.15, -0.1) is 0 Å². The molecule has 4 heterocycles. The number of amides is 4. The number of methoxy groups -OCH3 is 2. The van der Waals surface area contributed by atoms with E-state index in [2.05, 4.69) is 35.3 Å². The van der Waals surface area contributed by atoms with Gasteiger partial charge in [0.2, 0.25) is 11.8 Å². The Labute approximate surface area is 341 Å². The number of ether oxygens (including phenoxy) is 3. The molecule has 316 valence electrons. The summed E-state index contributed by atoms with van der Waals surface area (Å²) in [6.07, 6.45) is 3.98. The monoisotopic (exact) mass is 818 g/mol. The van der Waals surface area contributed by atoms with Crippen molar-refractivity contribution in [3.63, 3.8) is 0 Å². The van der Waals surface area contributed by atoms with Crippen LogP contribution in [-0.4, -0.2) is 106 Å². The maximum Gasteiger partial charge on any atom is 0.407 e. The summed E-state index contributed by atoms with van der Waals surface area (Å²) in [5.74, 6) is -0.108. The molecule has 0 bridgehead atoms. The Balaban J connectivity index is 1.13. The van der Waals surface area contributed by atoms with E-state index in [1.165, 1.54) is 14.2 Å². The largest absolute Gasteiger partial charge is 0.453 e. The van der Waals surface area contributed by atoms with Crippen LogP contribution in [0, 0.1) is 17.8 Å². The van der Waals surface area contributed by atoms with Gasteiger partial charge < -0.3 is 44.6 Å². The lowest BCUT2D eigenvalue weighted by molar-refractivity contribution is -0.139. The van der Waals surface area contributed by atoms with E-state index in [4.69, 9.17) is 9.47 Å². The van der Waals surface area contributed by atoms with Gasteiger partial charge >= 0.3 is 18.8 Å². The molecular formula is C42H52F2N8O7. The summed E-state index contributed by atoms with van der Waals surface area (Å²) in [4.78, 5) is 70.7. The van der Waals surface area contributed by atoms with Crippen molar-refractivity contribution in [2.24, 2.45) is 17.8 Å². The van der Waals surface area contributed by atoms with E-state index in [9.17, 15) is 28.0 Å². The Morgan fingerprint density at radius 2 is 1.19 bits per heavy atom. The first-order valence-corrected chi connectivity index (χ1v) is 19.8. The molecule has 4 N–H and O–H groups in total. The molecule has 0 aliphatic carbocycles. The first-order valence-electron chi connectivity index (χ1n) is 19.8. The van der Waals surface area contributed by atoms with E-state index in [0.29, 0.717) is 30.3 Å². The molecule has 6 rings (SSSR count). The number of carbonyl (C=O) groups excluding carboxylic acids is 4. The van der Waals surface area contributed by atoms with Crippen LogP contribution in [0.1, 0.15) is 70.7 Å². The predicted molar refractivity (Wildman–Crippen MR) is 214 cm³/mol. The lowest BCUT2D eigenvalue weighted by Crippen LogP contribution is -2.51. The highest BCUT2D eigenvalue weighted by Crippen LogP contribution is 2.37. The molecule has 0 radical (unpaired) electrons. The highest BCUT2D eigenvalue weighted by Gasteiger charge is 2.42. The molecule has 2 aromatic heterocycles. The topological polar surface area (TPSA) is 184 Å². The van der Waals surface area contributed by atoms with Crippen molar-refractivity contribution in [3.8, 4) is 33.6 Å². The first kappa shape index (κ1) is 42.8. The zero-order valence-electron chi connectivity index (χ0n) is 34.0. The second-order valence-corrected chi connectivity index (χ2v) is 15.6. The van der Waals surface area contributed by atoms with Crippen LogP contribution in [0.25, 0.3) is 33.6 Å². The van der Waals surface area contributed by atoms with Gasteiger partial charge in [-0.25, -0.2) is 19.6 Å². The molecule has 2 aromatic carbocycles. The fourth-order valence-electron chi connectivity index (χ4n) is 7.82. The highest BCUT2D eigenvalue weighted by molar-refractivity contribution is 5.87. The molecular weight excluding hydrogens is 767 g/mol. The molecule has 5 atom stereocenters. The molecule has 1 unspecified atom stereocenters. The van der Waals surface area contributed by atoms with Gasteiger partial charge in [-0.1, -0.05) is 76.2 Å². The molecule has 2 aliphatic rings. The van der Waals surface area contributed by atoms with Crippen molar-refractivity contribution in [1.29, 1.82) is 0 Å². The fraction of sp³-hybridized carbons (Fsp3) is 0.476. The molecule has 0 saturated carbocycles. The molecule has 17 heteroatoms. The molecule has 4 aromatic rings. The van der Waals surface area contributed by atoms with Gasteiger partial charge in [0.05, 0.1) is 56.7 Å². The summed E-state index contributed by atoms with van der Waals surface area (Å²) in [6, 6.07) is 13.6. The van der Waals surface area contributed by atoms with Gasteiger partial charge in [0, 0.05) is 19.0 Å². The number of rotatable bonds is 14. The standard InChI is InChI=1S/C42H52F2N8O7/c1-23(2)34(49-41(55)57-5)38(53)51-17-7-8-32(51)36-45-19-30(47-36)28-13-9-26(10-14-28)27-11-15-29(16-12-27)31-20-46-37(48-31)33-18-25(22-59-40(43)44)21-52(33)39(54)35(24(3)4)50-42(56)58-6/h9-16,19-20,23-25,32-35,40H,7-8,17-18,21-22H2,1-6H3,(H,45,47)(H,46,48)(H,49,55)(H,50,56)/t25-,32-,33-,34-,35?/m0/s1. The number of likely N-dealkylation sites (tertiary alicyclic amines) is 2. The predicted octanol–water partition coefficient (Wildman–Crippen LogP) is 6.69. The average molecular weight is 819 g/mol. The number of nitrogens with one attached hydrogen (secondary N) is 4. The van der Waals surface area contributed by atoms with Crippen molar-refractivity contribution in [2.75, 3.05) is 33.9 Å². The number of alkyl halides is 2. The summed E-state index contributed by atoms with van der Waals surface area (Å²) >= 11 is 0. The number of nitrogens with zero attached hydrogens (tertiary/aromatic N) is 4. The second-order valence-electron chi connectivity index (χ2n) is 15.6. The molecule has 15 nitrogen and oxygen atoms in total. The Kier molecular flexibility index (Phi) is 13.6. The van der Waals surface area contributed by atoms with Crippen LogP contribution in [-0.2, 0) is 23.8 Å². The Morgan fingerprint density at radius 3 is 1.64 bits per heavy atom. The number of halogens is 2. The van der Waals surface area contributed by atoms with Crippen LogP contribution >= 0.6 is 0 Å². The summed E-state index contributed by atoms with van der Waals surface area (Å²) in [6.45, 7) is 4.93. The molecule has 59 heavy (non-hydrogen) atoms. The fourth-order valence-corrected chi connectivity index (χ4v) is 7.82. The number of hydrogen-bond donors (Lipinski definition) is 4. The highest BCUT2D eigenvalue weighted by atomic mass is 19.3. The number of alkyl carbamates (subject to hydrolysis) is 2. The van der Waals surface area contributed by atoms with E-state index in [0.717, 1.165) is 40.8 Å². The number of benzene rings is 2. The van der Waals surface area contributed by atoms with Crippen LogP contribution in [0.15, 0.2) is 60.9 Å². The molecule has 2 saturated heterocycles. The van der Waals surface area contributed by atoms with Crippen LogP contribution in [0.3, 0.4) is 0 Å². The number of imidazole rings is 2. The summed E-state index contributed by atoms with van der Waals surface area (Å²) < 4.78 is 40.0. The van der Waals surface area contributed by atoms with Crippen molar-refractivity contribution in [3.05, 3.63) is 72.6 Å². The van der Waals surface area contributed by atoms with Gasteiger partial charge in [0.25, 0.3) is 0 Å². The number of carbonyl (C=O) groups is 4. The van der Waals surface area contributed by atoms with Gasteiger partial charge in [-0.2, -0.15) is 8.78 Å². The minimum absolute atomic E-state index is 0.128. The molecule has 4 amide bonds. The Morgan fingerprint density at radius 1 is 0.729 bits per heavy atom. The molecule has 2 aliphatic heterocycles. The smallest absolute Gasteiger partial charge is 0.407 e. The molecule has 0 spiro atoms. The van der Waals surface area contributed by atoms with E-state index < -0.39 is 36.9 Å². The van der Waals surface area contributed by atoms with Crippen molar-refractivity contribution >= 4 is 24.0 Å². The Bertz CT molecular complexity index is 2070. The van der Waals surface area contributed by atoms with Crippen LogP contribution < -0.4 is 10.6 Å². The second kappa shape index (κ2) is 18.8. The summed E-state index contributed by atoms with van der Waals surface area (Å²) in [5.41, 5.74) is 5.30.